The molecule has 0 saturated heterocycles. The van der Waals surface area contributed by atoms with Gasteiger partial charge in [-0.3, -0.25) is 0 Å². The molecule has 3 aliphatic rings. The Bertz CT molecular complexity index is 936. The van der Waals surface area contributed by atoms with Crippen LogP contribution in [0.3, 0.4) is 0 Å². The van der Waals surface area contributed by atoms with Crippen LogP contribution in [0.4, 0.5) is 5.69 Å². The smallest absolute Gasteiger partial charge is 0.546 e. The van der Waals surface area contributed by atoms with Crippen LogP contribution in [-0.2, 0) is 56.1 Å². The molecule has 1 aromatic carbocycles. The van der Waals surface area contributed by atoms with E-state index in [4.69, 9.17) is 14.6 Å². The van der Waals surface area contributed by atoms with Gasteiger partial charge in [0.1, 0.15) is 12.7 Å². The second-order valence-electron chi connectivity index (χ2n) is 7.41. The minimum absolute atomic E-state index is 0. The Kier molecular flexibility index (Phi) is 8.23. The molecule has 30 heavy (non-hydrogen) atoms. The Morgan fingerprint density at radius 1 is 1.23 bits per heavy atom. The van der Waals surface area contributed by atoms with Crippen LogP contribution in [0.2, 0.25) is 0 Å². The van der Waals surface area contributed by atoms with Crippen LogP contribution in [0, 0.1) is 6.73 Å². The summed E-state index contributed by atoms with van der Waals surface area (Å²) in [6.45, 7) is 1.95. The van der Waals surface area contributed by atoms with Gasteiger partial charge in [-0.2, -0.15) is 5.10 Å². The molecule has 0 unspecified atom stereocenters. The first-order chi connectivity index (χ1) is 14.1. The second-order valence-corrected chi connectivity index (χ2v) is 8.32. The van der Waals surface area contributed by atoms with Crippen LogP contribution >= 0.6 is 0 Å². The Labute approximate surface area is 200 Å². The Hall–Kier alpha value is -1.10. The van der Waals surface area contributed by atoms with Gasteiger partial charge in [0.15, 0.2) is 5.88 Å². The van der Waals surface area contributed by atoms with Gasteiger partial charge >= 0.3 is 29.6 Å². The van der Waals surface area contributed by atoms with E-state index in [0.717, 1.165) is 6.73 Å². The minimum atomic E-state index is -2.30. The van der Waals surface area contributed by atoms with Crippen LogP contribution < -0.4 is 39.6 Å². The van der Waals surface area contributed by atoms with E-state index < -0.39 is 10.7 Å². The van der Waals surface area contributed by atoms with E-state index in [1.807, 2.05) is 0 Å². The topological polar surface area (TPSA) is 103 Å². The van der Waals surface area contributed by atoms with Gasteiger partial charge < -0.3 is 28.3 Å². The summed E-state index contributed by atoms with van der Waals surface area (Å²) in [7, 11) is -0.721. The molecule has 1 aromatic heterocycles. The minimum Gasteiger partial charge on any atom is -0.546 e. The van der Waals surface area contributed by atoms with Crippen LogP contribution in [0.25, 0.3) is 0 Å². The fourth-order valence-corrected chi connectivity index (χ4v) is 4.80. The summed E-state index contributed by atoms with van der Waals surface area (Å²) in [4.78, 5) is 0.0968. The Morgan fingerprint density at radius 2 is 1.90 bits per heavy atom. The van der Waals surface area contributed by atoms with Gasteiger partial charge in [0.25, 0.3) is 0 Å². The summed E-state index contributed by atoms with van der Waals surface area (Å²) in [6.07, 6.45) is 8.48. The normalized spacial score (nSPS) is 18.4. The molecule has 0 spiro atoms. The third-order valence-electron chi connectivity index (χ3n) is 5.74. The summed E-state index contributed by atoms with van der Waals surface area (Å²) in [6, 6.07) is 2.40. The van der Waals surface area contributed by atoms with Crippen LogP contribution in [-0.4, -0.2) is 34.7 Å². The number of anilines is 1. The molecule has 0 saturated carbocycles. The zero-order valence-corrected chi connectivity index (χ0v) is 20.2. The molecule has 5 rings (SSSR count). The van der Waals surface area contributed by atoms with Gasteiger partial charge in [0.05, 0.1) is 6.54 Å². The van der Waals surface area contributed by atoms with Gasteiger partial charge in [0, 0.05) is 23.9 Å². The molecule has 2 heterocycles. The van der Waals surface area contributed by atoms with Gasteiger partial charge in [-0.1, -0.05) is 6.07 Å². The summed E-state index contributed by atoms with van der Waals surface area (Å²) in [5, 5.41) is 15.9. The predicted octanol–water partition coefficient (Wildman–Crippen LogP) is -0.470. The van der Waals surface area contributed by atoms with Crippen molar-refractivity contribution in [1.29, 1.82) is 0 Å². The van der Waals surface area contributed by atoms with E-state index in [0.29, 0.717) is 19.0 Å². The fraction of sp³-hybridized carbons (Fsp3) is 0.500. The summed E-state index contributed by atoms with van der Waals surface area (Å²) in [5.74, 6) is 0.298. The average molecular weight is 442 g/mol. The standard InChI is InChI=1S/C13H16NO.C7H9N2O4S.Na/c15-8-14-13-11-5-1-3-9(11)7-10-4-2-6-12(10)13;1-12-5-3-9-7(13-4-5)6(2-8-9)14(10)11;/h7-8,14-15H,1-6H2;2,5H,3-4H2,1H3;/q2*-1;+1/t;5-;/m.1./s1. The SMILES string of the molecule is CO[C@H]1COc2c([S-](=O)=O)cnn2C1.O[CH-]Nc1c2c(cc3c1CCC3)CCC2.[Na+]. The third-order valence-corrected chi connectivity index (χ3v) is 6.38. The van der Waals surface area contributed by atoms with Gasteiger partial charge in [0.2, 0.25) is 0 Å². The molecule has 0 fully saturated rings. The number of aryl methyl sites for hydroxylation is 2. The van der Waals surface area contributed by atoms with E-state index >= 15 is 0 Å². The number of hydrogen-bond donors (Lipinski definition) is 2. The molecule has 2 N–H and O–H groups in total. The van der Waals surface area contributed by atoms with Crippen molar-refractivity contribution in [3.63, 3.8) is 0 Å². The fourth-order valence-electron chi connectivity index (χ4n) is 4.36. The monoisotopic (exact) mass is 442 g/mol. The number of fused-ring (bicyclic) bond motifs is 3. The molecular weight excluding hydrogens is 417 g/mol. The number of aliphatic hydroxyl groups is 1. The van der Waals surface area contributed by atoms with Crippen molar-refractivity contribution >= 4 is 16.4 Å². The van der Waals surface area contributed by atoms with Gasteiger partial charge in [-0.15, -0.1) is 6.73 Å². The molecule has 1 atom stereocenters. The largest absolute Gasteiger partial charge is 1.00 e. The number of aromatic nitrogens is 2. The van der Waals surface area contributed by atoms with Crippen molar-refractivity contribution in [3.8, 4) is 5.88 Å². The van der Waals surface area contributed by atoms with Crippen molar-refractivity contribution < 1.29 is 52.6 Å². The summed E-state index contributed by atoms with van der Waals surface area (Å²) >= 11 is 0. The quantitative estimate of drug-likeness (QED) is 0.375. The number of aliphatic hydroxyl groups excluding tert-OH is 1. The molecule has 0 amide bonds. The maximum absolute atomic E-state index is 10.7. The maximum atomic E-state index is 10.7. The number of hydrogen-bond acceptors (Lipinski definition) is 8. The van der Waals surface area contributed by atoms with Crippen LogP contribution in [0.5, 0.6) is 5.88 Å². The molecule has 158 valence electrons. The van der Waals surface area contributed by atoms with Gasteiger partial charge in [-0.25, -0.2) is 4.68 Å². The van der Waals surface area contributed by atoms with Crippen LogP contribution in [0.15, 0.2) is 17.2 Å². The summed E-state index contributed by atoms with van der Waals surface area (Å²) in [5.41, 5.74) is 7.10. The zero-order valence-electron chi connectivity index (χ0n) is 17.3. The van der Waals surface area contributed by atoms with E-state index in [1.165, 1.54) is 77.3 Å². The average Bonchev–Trinajstić information content (AvgIpc) is 3.46. The molecule has 8 nitrogen and oxygen atoms in total. The number of rotatable bonds is 4. The Balaban J connectivity index is 0.000000166. The molecule has 0 radical (unpaired) electrons. The predicted molar refractivity (Wildman–Crippen MR) is 106 cm³/mol. The number of methoxy groups -OCH3 is 1. The molecule has 0 bridgehead atoms. The van der Waals surface area contributed by atoms with Crippen molar-refractivity contribution in [2.45, 2.75) is 56.1 Å². The second kappa shape index (κ2) is 10.5. The number of nitrogens with one attached hydrogen (secondary N) is 1. The van der Waals surface area contributed by atoms with Crippen molar-refractivity contribution in [3.05, 3.63) is 41.2 Å². The molecule has 2 aromatic rings. The first-order valence-electron chi connectivity index (χ1n) is 9.82. The molecule has 1 aliphatic heterocycles. The molecule has 2 aliphatic carbocycles. The van der Waals surface area contributed by atoms with E-state index in [2.05, 4.69) is 16.5 Å². The zero-order chi connectivity index (χ0) is 20.4. The van der Waals surface area contributed by atoms with Crippen molar-refractivity contribution in [2.75, 3.05) is 19.0 Å². The van der Waals surface area contributed by atoms with Crippen molar-refractivity contribution in [1.82, 2.24) is 9.78 Å². The number of ether oxygens (including phenoxy) is 2. The number of nitrogens with zero attached hydrogens (tertiary/aromatic N) is 2. The first-order valence-corrected chi connectivity index (χ1v) is 10.9. The van der Waals surface area contributed by atoms with E-state index in [1.54, 1.807) is 7.11 Å². The Morgan fingerprint density at radius 3 is 2.47 bits per heavy atom. The van der Waals surface area contributed by atoms with E-state index in [9.17, 15) is 8.42 Å². The van der Waals surface area contributed by atoms with E-state index in [-0.39, 0.29) is 40.6 Å². The first kappa shape index (κ1) is 23.6. The number of benzene rings is 1. The molecular formula is C20H25N3NaO5S-. The third kappa shape index (κ3) is 4.71. The van der Waals surface area contributed by atoms with Gasteiger partial charge in [-0.05, 0) is 71.5 Å². The maximum Gasteiger partial charge on any atom is 1.00 e. The summed E-state index contributed by atoms with van der Waals surface area (Å²) < 4.78 is 33.2. The van der Waals surface area contributed by atoms with Crippen molar-refractivity contribution in [2.24, 2.45) is 0 Å². The molecule has 10 heteroatoms. The van der Waals surface area contributed by atoms with Crippen LogP contribution in [0.1, 0.15) is 35.1 Å².